The number of benzene rings is 2. The van der Waals surface area contributed by atoms with Crippen molar-refractivity contribution in [1.82, 2.24) is 9.55 Å². The van der Waals surface area contributed by atoms with Crippen LogP contribution >= 0.6 is 0 Å². The van der Waals surface area contributed by atoms with Crippen LogP contribution in [0.4, 0.5) is 16.3 Å². The van der Waals surface area contributed by atoms with Gasteiger partial charge in [0.1, 0.15) is 17.3 Å². The van der Waals surface area contributed by atoms with Crippen LogP contribution in [0.15, 0.2) is 54.7 Å². The molecule has 2 aromatic heterocycles. The highest BCUT2D eigenvalue weighted by Gasteiger charge is 2.13. The molecule has 0 aliphatic rings. The lowest BCUT2D eigenvalue weighted by Gasteiger charge is -2.12. The largest absolute Gasteiger partial charge is 0.497 e. The van der Waals surface area contributed by atoms with Crippen molar-refractivity contribution in [2.24, 2.45) is 7.05 Å². The van der Waals surface area contributed by atoms with Crippen molar-refractivity contribution in [3.8, 4) is 11.5 Å². The van der Waals surface area contributed by atoms with Crippen LogP contribution in [-0.4, -0.2) is 29.8 Å². The summed E-state index contributed by atoms with van der Waals surface area (Å²) in [6, 6.07) is 14.7. The Balaban J connectivity index is 1.61. The number of amides is 2. The van der Waals surface area contributed by atoms with E-state index in [9.17, 15) is 4.79 Å². The second-order valence-corrected chi connectivity index (χ2v) is 6.31. The topological polar surface area (TPSA) is 77.4 Å². The van der Waals surface area contributed by atoms with Crippen LogP contribution in [0, 0.1) is 0 Å². The van der Waals surface area contributed by atoms with Crippen molar-refractivity contribution < 1.29 is 14.3 Å². The molecule has 2 aromatic carbocycles. The molecule has 2 N–H and O–H groups in total. The molecular formula is C21H20N4O3. The van der Waals surface area contributed by atoms with Crippen LogP contribution in [0.3, 0.4) is 0 Å². The molecule has 7 heteroatoms. The predicted octanol–water partition coefficient (Wildman–Crippen LogP) is 4.39. The minimum atomic E-state index is -0.352. The summed E-state index contributed by atoms with van der Waals surface area (Å²) >= 11 is 0. The summed E-state index contributed by atoms with van der Waals surface area (Å²) in [4.78, 5) is 17.0. The lowest BCUT2D eigenvalue weighted by atomic mass is 10.1. The van der Waals surface area contributed by atoms with Crippen LogP contribution in [0.25, 0.3) is 21.8 Å². The number of hydrogen-bond donors (Lipinski definition) is 2. The molecule has 28 heavy (non-hydrogen) atoms. The number of nitrogens with one attached hydrogen (secondary N) is 2. The average molecular weight is 376 g/mol. The number of rotatable bonds is 4. The maximum Gasteiger partial charge on any atom is 0.324 e. The number of urea groups is 1. The third kappa shape index (κ3) is 3.07. The second kappa shape index (κ2) is 7.11. The van der Waals surface area contributed by atoms with E-state index in [0.717, 1.165) is 22.0 Å². The molecule has 0 aliphatic heterocycles. The zero-order valence-corrected chi connectivity index (χ0v) is 15.8. The van der Waals surface area contributed by atoms with Crippen LogP contribution in [0.5, 0.6) is 11.5 Å². The Kier molecular flexibility index (Phi) is 4.49. The Bertz CT molecular complexity index is 1180. The molecule has 0 saturated heterocycles. The Labute approximate surface area is 161 Å². The Morgan fingerprint density at radius 2 is 1.89 bits per heavy atom. The lowest BCUT2D eigenvalue weighted by Crippen LogP contribution is -2.21. The predicted molar refractivity (Wildman–Crippen MR) is 110 cm³/mol. The van der Waals surface area contributed by atoms with Crippen molar-refractivity contribution in [3.63, 3.8) is 0 Å². The van der Waals surface area contributed by atoms with E-state index in [0.29, 0.717) is 22.8 Å². The van der Waals surface area contributed by atoms with Gasteiger partial charge in [0.05, 0.1) is 30.9 Å². The molecule has 0 atom stereocenters. The number of aryl methyl sites for hydroxylation is 1. The molecule has 0 unspecified atom stereocenters. The summed E-state index contributed by atoms with van der Waals surface area (Å²) in [6.07, 6.45) is 1.68. The van der Waals surface area contributed by atoms with Gasteiger partial charge in [-0.1, -0.05) is 0 Å². The van der Waals surface area contributed by atoms with E-state index in [1.54, 1.807) is 26.5 Å². The van der Waals surface area contributed by atoms with E-state index in [4.69, 9.17) is 9.47 Å². The van der Waals surface area contributed by atoms with Crippen LogP contribution in [0.1, 0.15) is 0 Å². The maximum absolute atomic E-state index is 12.6. The number of carbonyl (C=O) groups excluding carboxylic acids is 1. The number of aromatic nitrogens is 2. The van der Waals surface area contributed by atoms with E-state index in [2.05, 4.69) is 15.6 Å². The number of methoxy groups -OCH3 is 2. The molecule has 142 valence electrons. The number of ether oxygens (including phenoxy) is 2. The zero-order chi connectivity index (χ0) is 19.7. The number of hydrogen-bond acceptors (Lipinski definition) is 4. The summed E-state index contributed by atoms with van der Waals surface area (Å²) in [7, 11) is 5.13. The van der Waals surface area contributed by atoms with Gasteiger partial charge in [0, 0.05) is 30.1 Å². The lowest BCUT2D eigenvalue weighted by molar-refractivity contribution is 0.262. The highest BCUT2D eigenvalue weighted by molar-refractivity contribution is 6.06. The van der Waals surface area contributed by atoms with E-state index in [1.807, 2.05) is 54.1 Å². The number of nitrogens with zero attached hydrogens (tertiary/aromatic N) is 2. The van der Waals surface area contributed by atoms with Crippen molar-refractivity contribution in [2.75, 3.05) is 24.9 Å². The van der Waals surface area contributed by atoms with Gasteiger partial charge in [-0.05, 0) is 42.5 Å². The van der Waals surface area contributed by atoms with Gasteiger partial charge in [-0.25, -0.2) is 4.79 Å². The van der Waals surface area contributed by atoms with Gasteiger partial charge in [-0.15, -0.1) is 0 Å². The molecule has 0 bridgehead atoms. The normalized spacial score (nSPS) is 10.8. The van der Waals surface area contributed by atoms with Gasteiger partial charge in [0.15, 0.2) is 0 Å². The molecule has 4 aromatic rings. The smallest absolute Gasteiger partial charge is 0.324 e. The van der Waals surface area contributed by atoms with Gasteiger partial charge in [0.25, 0.3) is 0 Å². The molecular weight excluding hydrogens is 356 g/mol. The minimum absolute atomic E-state index is 0.352. The van der Waals surface area contributed by atoms with E-state index >= 15 is 0 Å². The first-order chi connectivity index (χ1) is 13.6. The second-order valence-electron chi connectivity index (χ2n) is 6.31. The molecule has 0 fully saturated rings. The van der Waals surface area contributed by atoms with Gasteiger partial charge in [-0.3, -0.25) is 10.3 Å². The first kappa shape index (κ1) is 17.7. The molecule has 0 spiro atoms. The van der Waals surface area contributed by atoms with Gasteiger partial charge >= 0.3 is 6.03 Å². The standard InChI is InChI=1S/C21H20N4O3/c1-25-17-12-14(27-2)7-6-13(17)11-19(25)24-21(26)23-16-8-9-18(28-3)15-5-4-10-22-20(15)16/h4-12H,1-3H3,(H2,23,24,26). The minimum Gasteiger partial charge on any atom is -0.497 e. The molecule has 2 heterocycles. The first-order valence-electron chi connectivity index (χ1n) is 8.74. The molecule has 0 saturated carbocycles. The van der Waals surface area contributed by atoms with E-state index in [1.165, 1.54) is 0 Å². The number of pyridine rings is 1. The summed E-state index contributed by atoms with van der Waals surface area (Å²) < 4.78 is 12.6. The Morgan fingerprint density at radius 3 is 2.68 bits per heavy atom. The molecule has 2 amide bonds. The third-order valence-corrected chi connectivity index (χ3v) is 4.69. The van der Waals surface area contributed by atoms with E-state index in [-0.39, 0.29) is 6.03 Å². The van der Waals surface area contributed by atoms with Crippen molar-refractivity contribution in [3.05, 3.63) is 54.7 Å². The van der Waals surface area contributed by atoms with Crippen molar-refractivity contribution in [2.45, 2.75) is 0 Å². The number of fused-ring (bicyclic) bond motifs is 2. The van der Waals surface area contributed by atoms with Gasteiger partial charge < -0.3 is 19.4 Å². The highest BCUT2D eigenvalue weighted by atomic mass is 16.5. The first-order valence-corrected chi connectivity index (χ1v) is 8.74. The van der Waals surface area contributed by atoms with Gasteiger partial charge in [-0.2, -0.15) is 0 Å². The van der Waals surface area contributed by atoms with Crippen LogP contribution in [-0.2, 0) is 7.05 Å². The zero-order valence-electron chi connectivity index (χ0n) is 15.8. The van der Waals surface area contributed by atoms with Crippen LogP contribution < -0.4 is 20.1 Å². The number of anilines is 2. The maximum atomic E-state index is 12.6. The molecule has 4 rings (SSSR count). The Hall–Kier alpha value is -3.74. The Morgan fingerprint density at radius 1 is 1.04 bits per heavy atom. The fourth-order valence-corrected chi connectivity index (χ4v) is 3.25. The molecule has 0 radical (unpaired) electrons. The number of carbonyl (C=O) groups is 1. The quantitative estimate of drug-likeness (QED) is 0.554. The fraction of sp³-hybridized carbons (Fsp3) is 0.143. The summed E-state index contributed by atoms with van der Waals surface area (Å²) in [5.41, 5.74) is 2.24. The highest BCUT2D eigenvalue weighted by Crippen LogP contribution is 2.30. The third-order valence-electron chi connectivity index (χ3n) is 4.69. The average Bonchev–Trinajstić information content (AvgIpc) is 3.03. The fourth-order valence-electron chi connectivity index (χ4n) is 3.25. The van der Waals surface area contributed by atoms with Crippen molar-refractivity contribution in [1.29, 1.82) is 0 Å². The van der Waals surface area contributed by atoms with Gasteiger partial charge in [0.2, 0.25) is 0 Å². The molecule has 7 nitrogen and oxygen atoms in total. The molecule has 0 aliphatic carbocycles. The van der Waals surface area contributed by atoms with Crippen molar-refractivity contribution >= 4 is 39.3 Å². The SMILES string of the molecule is COc1ccc2cc(NC(=O)Nc3ccc(OC)c4cccnc34)n(C)c2c1. The monoisotopic (exact) mass is 376 g/mol. The summed E-state index contributed by atoms with van der Waals surface area (Å²) in [5, 5.41) is 7.61. The van der Waals surface area contributed by atoms with E-state index < -0.39 is 0 Å². The summed E-state index contributed by atoms with van der Waals surface area (Å²) in [5.74, 6) is 2.14. The van der Waals surface area contributed by atoms with Crippen LogP contribution in [0.2, 0.25) is 0 Å². The summed E-state index contributed by atoms with van der Waals surface area (Å²) in [6.45, 7) is 0.